The van der Waals surface area contributed by atoms with Crippen molar-refractivity contribution in [2.75, 3.05) is 5.75 Å². The third-order valence-electron chi connectivity index (χ3n) is 3.67. The second kappa shape index (κ2) is 7.84. The minimum absolute atomic E-state index is 0.0132. The van der Waals surface area contributed by atoms with Gasteiger partial charge in [-0.2, -0.15) is 0 Å². The van der Waals surface area contributed by atoms with E-state index < -0.39 is 0 Å². The number of hydrogen-bond donors (Lipinski definition) is 1. The van der Waals surface area contributed by atoms with Gasteiger partial charge in [0.2, 0.25) is 5.91 Å². The topological polar surface area (TPSA) is 46.9 Å². The highest BCUT2D eigenvalue weighted by molar-refractivity contribution is 8.00. The van der Waals surface area contributed by atoms with Gasteiger partial charge in [0.15, 0.2) is 0 Å². The van der Waals surface area contributed by atoms with Gasteiger partial charge in [-0.25, -0.2) is 4.98 Å². The van der Waals surface area contributed by atoms with Crippen molar-refractivity contribution in [3.05, 3.63) is 84.4 Å². The van der Waals surface area contributed by atoms with E-state index in [0.29, 0.717) is 5.75 Å². The molecule has 0 spiro atoms. The molecule has 3 aromatic rings. The molecule has 0 aliphatic heterocycles. The van der Waals surface area contributed by atoms with Gasteiger partial charge >= 0.3 is 0 Å². The van der Waals surface area contributed by atoms with Crippen molar-refractivity contribution in [2.45, 2.75) is 10.9 Å². The normalized spacial score (nSPS) is 11.9. The average Bonchev–Trinajstić information content (AvgIpc) is 3.05. The Hall–Kier alpha value is -2.53. The van der Waals surface area contributed by atoms with Gasteiger partial charge in [-0.1, -0.05) is 48.5 Å². The first kappa shape index (κ1) is 16.3. The molecule has 0 bridgehead atoms. The number of amides is 1. The van der Waals surface area contributed by atoms with E-state index in [1.807, 2.05) is 78.5 Å². The van der Waals surface area contributed by atoms with Crippen molar-refractivity contribution in [3.63, 3.8) is 0 Å². The minimum Gasteiger partial charge on any atom is -0.341 e. The van der Waals surface area contributed by atoms with Crippen molar-refractivity contribution in [1.82, 2.24) is 14.9 Å². The smallest absolute Gasteiger partial charge is 0.231 e. The van der Waals surface area contributed by atoms with Crippen LogP contribution in [0.15, 0.2) is 78.0 Å². The van der Waals surface area contributed by atoms with Crippen molar-refractivity contribution in [3.8, 4) is 0 Å². The molecule has 5 heteroatoms. The van der Waals surface area contributed by atoms with Crippen LogP contribution in [-0.4, -0.2) is 21.2 Å². The summed E-state index contributed by atoms with van der Waals surface area (Å²) in [5, 5.41) is 3.10. The Morgan fingerprint density at radius 1 is 1.12 bits per heavy atom. The number of rotatable bonds is 6. The molecule has 0 aliphatic carbocycles. The standard InChI is InChI=1S/C19H19N3OS/c1-22-13-12-20-19(22)18(15-8-4-2-5-9-15)21-17(23)14-24-16-10-6-3-7-11-16/h2-13,18H,14H2,1H3,(H,21,23). The molecular formula is C19H19N3OS. The van der Waals surface area contributed by atoms with Crippen molar-refractivity contribution < 1.29 is 4.79 Å². The van der Waals surface area contributed by atoms with E-state index in [0.717, 1.165) is 16.3 Å². The van der Waals surface area contributed by atoms with Gasteiger partial charge in [-0.15, -0.1) is 11.8 Å². The molecule has 0 radical (unpaired) electrons. The number of carbonyl (C=O) groups is 1. The van der Waals surface area contributed by atoms with Crippen LogP contribution >= 0.6 is 11.8 Å². The Morgan fingerprint density at radius 2 is 1.79 bits per heavy atom. The number of aryl methyl sites for hydroxylation is 1. The van der Waals surface area contributed by atoms with Crippen LogP contribution in [0.3, 0.4) is 0 Å². The molecule has 0 saturated heterocycles. The molecule has 4 nitrogen and oxygen atoms in total. The summed E-state index contributed by atoms with van der Waals surface area (Å²) < 4.78 is 1.93. The third kappa shape index (κ3) is 4.06. The van der Waals surface area contributed by atoms with E-state index in [1.54, 1.807) is 6.20 Å². The Balaban J connectivity index is 1.72. The largest absolute Gasteiger partial charge is 0.341 e. The zero-order chi connectivity index (χ0) is 16.8. The van der Waals surface area contributed by atoms with Crippen LogP contribution in [0.5, 0.6) is 0 Å². The highest BCUT2D eigenvalue weighted by atomic mass is 32.2. The summed E-state index contributed by atoms with van der Waals surface area (Å²) >= 11 is 1.53. The van der Waals surface area contributed by atoms with Gasteiger partial charge < -0.3 is 9.88 Å². The maximum atomic E-state index is 12.4. The molecule has 2 aromatic carbocycles. The number of nitrogens with one attached hydrogen (secondary N) is 1. The molecule has 1 heterocycles. The van der Waals surface area contributed by atoms with Crippen LogP contribution in [0.25, 0.3) is 0 Å². The molecule has 0 fully saturated rings. The predicted molar refractivity (Wildman–Crippen MR) is 96.8 cm³/mol. The Kier molecular flexibility index (Phi) is 5.33. The fraction of sp³-hybridized carbons (Fsp3) is 0.158. The number of thioether (sulfide) groups is 1. The van der Waals surface area contributed by atoms with Crippen molar-refractivity contribution >= 4 is 17.7 Å². The highest BCUT2D eigenvalue weighted by Gasteiger charge is 2.20. The fourth-order valence-corrected chi connectivity index (χ4v) is 3.20. The first-order chi connectivity index (χ1) is 11.7. The van der Waals surface area contributed by atoms with E-state index in [1.165, 1.54) is 11.8 Å². The summed E-state index contributed by atoms with van der Waals surface area (Å²) in [5.41, 5.74) is 1.02. The molecular weight excluding hydrogens is 318 g/mol. The van der Waals surface area contributed by atoms with Gasteiger partial charge in [0.25, 0.3) is 0 Å². The van der Waals surface area contributed by atoms with E-state index in [4.69, 9.17) is 0 Å². The maximum absolute atomic E-state index is 12.4. The van der Waals surface area contributed by atoms with Gasteiger partial charge in [0, 0.05) is 24.3 Å². The molecule has 1 aromatic heterocycles. The lowest BCUT2D eigenvalue weighted by Crippen LogP contribution is -2.32. The summed E-state index contributed by atoms with van der Waals surface area (Å²) in [6.45, 7) is 0. The van der Waals surface area contributed by atoms with Crippen LogP contribution in [0, 0.1) is 0 Å². The van der Waals surface area contributed by atoms with Crippen LogP contribution in [0.2, 0.25) is 0 Å². The summed E-state index contributed by atoms with van der Waals surface area (Å²) in [6.07, 6.45) is 3.63. The van der Waals surface area contributed by atoms with E-state index >= 15 is 0 Å². The quantitative estimate of drug-likeness (QED) is 0.701. The number of aromatic nitrogens is 2. The summed E-state index contributed by atoms with van der Waals surface area (Å²) in [5.74, 6) is 1.18. The van der Waals surface area contributed by atoms with Crippen molar-refractivity contribution in [1.29, 1.82) is 0 Å². The second-order valence-electron chi connectivity index (χ2n) is 5.41. The molecule has 0 aliphatic rings. The number of imidazole rings is 1. The zero-order valence-corrected chi connectivity index (χ0v) is 14.2. The van der Waals surface area contributed by atoms with Gasteiger partial charge in [0.1, 0.15) is 11.9 Å². The maximum Gasteiger partial charge on any atom is 0.231 e. The fourth-order valence-electron chi connectivity index (χ4n) is 2.47. The lowest BCUT2D eigenvalue weighted by Gasteiger charge is -2.19. The van der Waals surface area contributed by atoms with Gasteiger partial charge in [-0.05, 0) is 17.7 Å². The Morgan fingerprint density at radius 3 is 2.42 bits per heavy atom. The second-order valence-corrected chi connectivity index (χ2v) is 6.46. The van der Waals surface area contributed by atoms with Gasteiger partial charge in [0.05, 0.1) is 5.75 Å². The average molecular weight is 337 g/mol. The molecule has 0 saturated carbocycles. The van der Waals surface area contributed by atoms with Gasteiger partial charge in [-0.3, -0.25) is 4.79 Å². The summed E-state index contributed by atoms with van der Waals surface area (Å²) in [7, 11) is 1.93. The Bertz CT molecular complexity index is 787. The number of benzene rings is 2. The first-order valence-corrected chi connectivity index (χ1v) is 8.72. The predicted octanol–water partition coefficient (Wildman–Crippen LogP) is 3.42. The van der Waals surface area contributed by atoms with E-state index in [-0.39, 0.29) is 11.9 Å². The van der Waals surface area contributed by atoms with Crippen LogP contribution in [0.1, 0.15) is 17.4 Å². The van der Waals surface area contributed by atoms with Crippen LogP contribution < -0.4 is 5.32 Å². The van der Waals surface area contributed by atoms with Crippen molar-refractivity contribution in [2.24, 2.45) is 7.05 Å². The van der Waals surface area contributed by atoms with Crippen LogP contribution in [0.4, 0.5) is 0 Å². The third-order valence-corrected chi connectivity index (χ3v) is 4.68. The number of nitrogens with zero attached hydrogens (tertiary/aromatic N) is 2. The molecule has 24 heavy (non-hydrogen) atoms. The van der Waals surface area contributed by atoms with E-state index in [9.17, 15) is 4.79 Å². The lowest BCUT2D eigenvalue weighted by molar-refractivity contribution is -0.119. The Labute approximate surface area is 145 Å². The molecule has 1 atom stereocenters. The molecule has 3 rings (SSSR count). The number of carbonyl (C=O) groups excluding carboxylic acids is 1. The SMILES string of the molecule is Cn1ccnc1C(NC(=O)CSc1ccccc1)c1ccccc1. The minimum atomic E-state index is -0.255. The molecule has 1 unspecified atom stereocenters. The number of hydrogen-bond acceptors (Lipinski definition) is 3. The lowest BCUT2D eigenvalue weighted by atomic mass is 10.1. The summed E-state index contributed by atoms with van der Waals surface area (Å²) in [4.78, 5) is 17.9. The molecule has 122 valence electrons. The zero-order valence-electron chi connectivity index (χ0n) is 13.4. The molecule has 1 amide bonds. The van der Waals surface area contributed by atoms with E-state index in [2.05, 4.69) is 10.3 Å². The molecule has 1 N–H and O–H groups in total. The highest BCUT2D eigenvalue weighted by Crippen LogP contribution is 2.21. The first-order valence-electron chi connectivity index (χ1n) is 7.73. The monoisotopic (exact) mass is 337 g/mol. The van der Waals surface area contributed by atoms with Crippen LogP contribution in [-0.2, 0) is 11.8 Å². The summed E-state index contributed by atoms with van der Waals surface area (Å²) in [6, 6.07) is 19.6.